The zero-order chi connectivity index (χ0) is 15.3. The van der Waals surface area contributed by atoms with Gasteiger partial charge < -0.3 is 9.73 Å². The van der Waals surface area contributed by atoms with Gasteiger partial charge in [0.25, 0.3) is 10.0 Å². The maximum Gasteiger partial charge on any atom is 0.273 e. The third kappa shape index (κ3) is 4.96. The van der Waals surface area contributed by atoms with E-state index in [2.05, 4.69) is 10.0 Å². The molecule has 0 saturated carbocycles. The average Bonchev–Trinajstić information content (AvgIpc) is 3.07. The molecule has 0 radical (unpaired) electrons. The molecule has 116 valence electrons. The van der Waals surface area contributed by atoms with Crippen molar-refractivity contribution in [3.63, 3.8) is 0 Å². The highest BCUT2D eigenvalue weighted by molar-refractivity contribution is 7.89. The largest absolute Gasteiger partial charge is 0.447 e. The van der Waals surface area contributed by atoms with Crippen molar-refractivity contribution in [1.82, 2.24) is 10.0 Å². The van der Waals surface area contributed by atoms with Crippen molar-refractivity contribution < 1.29 is 12.8 Å². The Balaban J connectivity index is 1.89. The first-order chi connectivity index (χ1) is 9.97. The van der Waals surface area contributed by atoms with Crippen molar-refractivity contribution >= 4 is 21.4 Å². The first kappa shape index (κ1) is 16.2. The maximum atomic E-state index is 12.1. The van der Waals surface area contributed by atoms with Crippen LogP contribution in [-0.2, 0) is 23.0 Å². The summed E-state index contributed by atoms with van der Waals surface area (Å²) in [5, 5.41) is 5.12. The van der Waals surface area contributed by atoms with Crippen LogP contribution in [0.15, 0.2) is 39.2 Å². The van der Waals surface area contributed by atoms with E-state index in [-0.39, 0.29) is 5.09 Å². The smallest absolute Gasteiger partial charge is 0.273 e. The molecule has 2 N–H and O–H groups in total. The number of nitrogens with one attached hydrogen (secondary N) is 2. The number of hydrogen-bond acceptors (Lipinski definition) is 5. The van der Waals surface area contributed by atoms with Gasteiger partial charge in [-0.2, -0.15) is 0 Å². The van der Waals surface area contributed by atoms with E-state index in [9.17, 15) is 8.42 Å². The normalized spacial score (nSPS) is 12.1. The predicted molar refractivity (Wildman–Crippen MR) is 83.9 cm³/mol. The number of hydrogen-bond donors (Lipinski definition) is 2. The quantitative estimate of drug-likeness (QED) is 0.780. The van der Waals surface area contributed by atoms with Crippen molar-refractivity contribution in [3.05, 3.63) is 40.3 Å². The number of rotatable bonds is 8. The van der Waals surface area contributed by atoms with E-state index in [4.69, 9.17) is 4.42 Å². The van der Waals surface area contributed by atoms with Gasteiger partial charge >= 0.3 is 0 Å². The molecule has 0 atom stereocenters. The van der Waals surface area contributed by atoms with Gasteiger partial charge in [0.15, 0.2) is 0 Å². The summed E-state index contributed by atoms with van der Waals surface area (Å²) in [5.41, 5.74) is 0. The summed E-state index contributed by atoms with van der Waals surface area (Å²) in [6.45, 7) is 4.92. The van der Waals surface area contributed by atoms with E-state index in [1.807, 2.05) is 31.4 Å². The van der Waals surface area contributed by atoms with Gasteiger partial charge in [0, 0.05) is 17.5 Å². The lowest BCUT2D eigenvalue weighted by Gasteiger charge is -2.05. The van der Waals surface area contributed by atoms with Gasteiger partial charge in [-0.05, 0) is 30.0 Å². The molecule has 0 aliphatic carbocycles. The van der Waals surface area contributed by atoms with Crippen LogP contribution in [0.2, 0.25) is 0 Å². The van der Waals surface area contributed by atoms with Crippen LogP contribution in [0, 0.1) is 0 Å². The minimum Gasteiger partial charge on any atom is -0.447 e. The fraction of sp³-hybridized carbons (Fsp3) is 0.429. The first-order valence-electron chi connectivity index (χ1n) is 6.81. The van der Waals surface area contributed by atoms with Crippen LogP contribution in [0.25, 0.3) is 0 Å². The summed E-state index contributed by atoms with van der Waals surface area (Å²) < 4.78 is 32.1. The number of furan rings is 1. The van der Waals surface area contributed by atoms with E-state index in [1.54, 1.807) is 17.4 Å². The molecule has 2 rings (SSSR count). The minimum atomic E-state index is -3.57. The van der Waals surface area contributed by atoms with Crippen LogP contribution in [0.3, 0.4) is 0 Å². The van der Waals surface area contributed by atoms with Gasteiger partial charge in [-0.15, -0.1) is 11.3 Å². The van der Waals surface area contributed by atoms with Crippen LogP contribution < -0.4 is 10.0 Å². The highest BCUT2D eigenvalue weighted by Gasteiger charge is 2.18. The number of thiophene rings is 1. The third-order valence-corrected chi connectivity index (χ3v) is 5.10. The minimum absolute atomic E-state index is 0.0331. The lowest BCUT2D eigenvalue weighted by molar-refractivity contribution is 0.393. The van der Waals surface area contributed by atoms with Gasteiger partial charge in [-0.1, -0.05) is 19.9 Å². The molecule has 0 amide bonds. The average molecular weight is 328 g/mol. The topological polar surface area (TPSA) is 71.3 Å². The molecule has 21 heavy (non-hydrogen) atoms. The van der Waals surface area contributed by atoms with Crippen molar-refractivity contribution in [2.24, 2.45) is 0 Å². The zero-order valence-corrected chi connectivity index (χ0v) is 13.8. The lowest BCUT2D eigenvalue weighted by Crippen LogP contribution is -2.25. The molecule has 0 aromatic carbocycles. The lowest BCUT2D eigenvalue weighted by atomic mass is 10.3. The van der Waals surface area contributed by atoms with Crippen LogP contribution in [0.4, 0.5) is 0 Å². The molecule has 0 aliphatic heterocycles. The SMILES string of the molecule is CC(C)NCc1ccc(S(=O)(=O)NCCc2cccs2)o1. The molecule has 7 heteroatoms. The Bertz CT molecular complexity index is 646. The van der Waals surface area contributed by atoms with Crippen molar-refractivity contribution in [3.8, 4) is 0 Å². The molecule has 2 aromatic heterocycles. The molecule has 2 heterocycles. The molecule has 0 saturated heterocycles. The molecular formula is C14H20N2O3S2. The Kier molecular flexibility index (Phi) is 5.58. The predicted octanol–water partition coefficient (Wildman–Crippen LogP) is 2.36. The summed E-state index contributed by atoms with van der Waals surface area (Å²) in [6, 6.07) is 7.43. The van der Waals surface area contributed by atoms with E-state index in [0.717, 1.165) is 4.88 Å². The van der Waals surface area contributed by atoms with Crippen molar-refractivity contribution in [2.75, 3.05) is 6.54 Å². The molecule has 0 spiro atoms. The molecule has 0 bridgehead atoms. The maximum absolute atomic E-state index is 12.1. The zero-order valence-electron chi connectivity index (χ0n) is 12.1. The summed E-state index contributed by atoms with van der Waals surface area (Å²) in [5.74, 6) is 0.613. The molecule has 0 aliphatic rings. The highest BCUT2D eigenvalue weighted by Crippen LogP contribution is 2.14. The van der Waals surface area contributed by atoms with Gasteiger partial charge in [-0.3, -0.25) is 0 Å². The summed E-state index contributed by atoms with van der Waals surface area (Å²) in [6.07, 6.45) is 0.680. The molecule has 0 unspecified atom stereocenters. The Hall–Kier alpha value is -1.15. The Morgan fingerprint density at radius 3 is 2.76 bits per heavy atom. The van der Waals surface area contributed by atoms with Crippen LogP contribution >= 0.6 is 11.3 Å². The van der Waals surface area contributed by atoms with Crippen LogP contribution in [-0.4, -0.2) is 21.0 Å². The van der Waals surface area contributed by atoms with Crippen LogP contribution in [0.1, 0.15) is 24.5 Å². The second kappa shape index (κ2) is 7.22. The van der Waals surface area contributed by atoms with E-state index in [1.165, 1.54) is 6.07 Å². The first-order valence-corrected chi connectivity index (χ1v) is 9.18. The fourth-order valence-electron chi connectivity index (χ4n) is 1.74. The third-order valence-electron chi connectivity index (χ3n) is 2.83. The van der Waals surface area contributed by atoms with Crippen molar-refractivity contribution in [1.29, 1.82) is 0 Å². The van der Waals surface area contributed by atoms with Gasteiger partial charge in [0.1, 0.15) is 5.76 Å². The standard InChI is InChI=1S/C14H20N2O3S2/c1-11(2)15-10-12-5-6-14(19-12)21(17,18)16-8-7-13-4-3-9-20-13/h3-6,9,11,15-16H,7-8,10H2,1-2H3. The molecule has 0 fully saturated rings. The van der Waals surface area contributed by atoms with E-state index in [0.29, 0.717) is 31.3 Å². The Labute approximate surface area is 129 Å². The van der Waals surface area contributed by atoms with Gasteiger partial charge in [0.2, 0.25) is 5.09 Å². The summed E-state index contributed by atoms with van der Waals surface area (Å²) in [4.78, 5) is 1.15. The Morgan fingerprint density at radius 1 is 1.29 bits per heavy atom. The fourth-order valence-corrected chi connectivity index (χ4v) is 3.42. The monoisotopic (exact) mass is 328 g/mol. The molecular weight excluding hydrogens is 308 g/mol. The second-order valence-corrected chi connectivity index (χ2v) is 7.71. The Morgan fingerprint density at radius 2 is 2.10 bits per heavy atom. The second-order valence-electron chi connectivity index (χ2n) is 4.98. The van der Waals surface area contributed by atoms with Crippen molar-refractivity contribution in [2.45, 2.75) is 37.9 Å². The molecule has 5 nitrogen and oxygen atoms in total. The number of sulfonamides is 1. The van der Waals surface area contributed by atoms with E-state index >= 15 is 0 Å². The highest BCUT2D eigenvalue weighted by atomic mass is 32.2. The summed E-state index contributed by atoms with van der Waals surface area (Å²) in [7, 11) is -3.57. The van der Waals surface area contributed by atoms with Crippen LogP contribution in [0.5, 0.6) is 0 Å². The molecule has 2 aromatic rings. The van der Waals surface area contributed by atoms with Gasteiger partial charge in [-0.25, -0.2) is 13.1 Å². The van der Waals surface area contributed by atoms with E-state index < -0.39 is 10.0 Å². The summed E-state index contributed by atoms with van der Waals surface area (Å²) >= 11 is 1.62. The van der Waals surface area contributed by atoms with Gasteiger partial charge in [0.05, 0.1) is 6.54 Å².